The number of nitriles is 1. The first-order chi connectivity index (χ1) is 9.13. The highest BCUT2D eigenvalue weighted by Gasteiger charge is 2.17. The molecule has 2 aromatic rings. The van der Waals surface area contributed by atoms with E-state index in [-0.39, 0.29) is 22.1 Å². The SMILES string of the molecule is N#Cc1ccccc1Oc1cccc(Cl)c1C(=O)O. The van der Waals surface area contributed by atoms with E-state index in [2.05, 4.69) is 0 Å². The summed E-state index contributed by atoms with van der Waals surface area (Å²) >= 11 is 5.84. The zero-order valence-corrected chi connectivity index (χ0v) is 10.4. The van der Waals surface area contributed by atoms with Crippen LogP contribution in [0, 0.1) is 11.3 Å². The lowest BCUT2D eigenvalue weighted by atomic mass is 10.2. The van der Waals surface area contributed by atoms with Crippen molar-refractivity contribution in [2.45, 2.75) is 0 Å². The summed E-state index contributed by atoms with van der Waals surface area (Å²) in [7, 11) is 0. The zero-order chi connectivity index (χ0) is 13.8. The normalized spacial score (nSPS) is 9.68. The molecule has 0 aliphatic rings. The summed E-state index contributed by atoms with van der Waals surface area (Å²) < 4.78 is 5.49. The number of halogens is 1. The molecule has 0 bridgehead atoms. The Balaban J connectivity index is 2.48. The Labute approximate surface area is 114 Å². The number of benzene rings is 2. The molecule has 0 atom stereocenters. The van der Waals surface area contributed by atoms with Crippen LogP contribution in [0.25, 0.3) is 0 Å². The molecule has 0 saturated carbocycles. The molecule has 1 N–H and O–H groups in total. The summed E-state index contributed by atoms with van der Waals surface area (Å²) in [5, 5.41) is 18.2. The number of hydrogen-bond donors (Lipinski definition) is 1. The van der Waals surface area contributed by atoms with Crippen molar-refractivity contribution in [3.63, 3.8) is 0 Å². The van der Waals surface area contributed by atoms with Gasteiger partial charge in [0.1, 0.15) is 23.1 Å². The molecule has 94 valence electrons. The van der Waals surface area contributed by atoms with Gasteiger partial charge in [-0.3, -0.25) is 0 Å². The maximum absolute atomic E-state index is 11.2. The average Bonchev–Trinajstić information content (AvgIpc) is 2.39. The Morgan fingerprint density at radius 3 is 2.53 bits per heavy atom. The molecule has 0 unspecified atom stereocenters. The molecular weight excluding hydrogens is 266 g/mol. The van der Waals surface area contributed by atoms with Crippen LogP contribution < -0.4 is 4.74 Å². The lowest BCUT2D eigenvalue weighted by Crippen LogP contribution is -2.01. The molecule has 0 fully saturated rings. The van der Waals surface area contributed by atoms with E-state index in [1.165, 1.54) is 12.1 Å². The highest BCUT2D eigenvalue weighted by molar-refractivity contribution is 6.33. The topological polar surface area (TPSA) is 70.3 Å². The van der Waals surface area contributed by atoms with Crippen molar-refractivity contribution in [1.82, 2.24) is 0 Å². The fraction of sp³-hybridized carbons (Fsp3) is 0. The number of aromatic carboxylic acids is 1. The number of carboxylic acids is 1. The first kappa shape index (κ1) is 12.9. The molecule has 0 spiro atoms. The summed E-state index contributed by atoms with van der Waals surface area (Å²) in [5.74, 6) is -0.799. The summed E-state index contributed by atoms with van der Waals surface area (Å²) in [5.41, 5.74) is 0.190. The quantitative estimate of drug-likeness (QED) is 0.925. The van der Waals surface area contributed by atoms with Crippen LogP contribution in [0.4, 0.5) is 0 Å². The van der Waals surface area contributed by atoms with Gasteiger partial charge >= 0.3 is 5.97 Å². The fourth-order valence-electron chi connectivity index (χ4n) is 1.56. The standard InChI is InChI=1S/C14H8ClNO3/c15-10-5-3-7-12(13(10)14(17)18)19-11-6-2-1-4-9(11)8-16/h1-7H,(H,17,18). The van der Waals surface area contributed by atoms with Crippen molar-refractivity contribution in [3.8, 4) is 17.6 Å². The van der Waals surface area contributed by atoms with Gasteiger partial charge in [-0.05, 0) is 24.3 Å². The average molecular weight is 274 g/mol. The van der Waals surface area contributed by atoms with Crippen molar-refractivity contribution < 1.29 is 14.6 Å². The van der Waals surface area contributed by atoms with Gasteiger partial charge in [-0.1, -0.05) is 29.8 Å². The molecule has 0 heterocycles. The number of para-hydroxylation sites is 1. The molecule has 0 saturated heterocycles. The van der Waals surface area contributed by atoms with Crippen molar-refractivity contribution in [2.75, 3.05) is 0 Å². The van der Waals surface area contributed by atoms with Crippen LogP contribution >= 0.6 is 11.6 Å². The van der Waals surface area contributed by atoms with Crippen molar-refractivity contribution >= 4 is 17.6 Å². The number of hydrogen-bond acceptors (Lipinski definition) is 3. The minimum Gasteiger partial charge on any atom is -0.478 e. The lowest BCUT2D eigenvalue weighted by Gasteiger charge is -2.10. The number of rotatable bonds is 3. The smallest absolute Gasteiger partial charge is 0.341 e. The maximum atomic E-state index is 11.2. The van der Waals surface area contributed by atoms with E-state index in [4.69, 9.17) is 26.7 Å². The predicted molar refractivity (Wildman–Crippen MR) is 69.6 cm³/mol. The number of carboxylic acid groups (broad SMARTS) is 1. The third-order valence-electron chi connectivity index (χ3n) is 2.42. The third-order valence-corrected chi connectivity index (χ3v) is 2.73. The van der Waals surface area contributed by atoms with E-state index >= 15 is 0 Å². The predicted octanol–water partition coefficient (Wildman–Crippen LogP) is 3.70. The van der Waals surface area contributed by atoms with Crippen molar-refractivity contribution in [1.29, 1.82) is 5.26 Å². The van der Waals surface area contributed by atoms with Crippen LogP contribution in [0.5, 0.6) is 11.5 Å². The molecule has 0 aliphatic heterocycles. The van der Waals surface area contributed by atoms with Gasteiger partial charge in [0.15, 0.2) is 0 Å². The van der Waals surface area contributed by atoms with Crippen LogP contribution in [-0.4, -0.2) is 11.1 Å². The highest BCUT2D eigenvalue weighted by atomic mass is 35.5. The van der Waals surface area contributed by atoms with Gasteiger partial charge in [0.2, 0.25) is 0 Å². The van der Waals surface area contributed by atoms with E-state index in [9.17, 15) is 4.79 Å². The van der Waals surface area contributed by atoms with Gasteiger partial charge in [0.05, 0.1) is 10.6 Å². The van der Waals surface area contributed by atoms with E-state index in [1.807, 2.05) is 6.07 Å². The van der Waals surface area contributed by atoms with E-state index in [0.29, 0.717) is 5.56 Å². The van der Waals surface area contributed by atoms with Gasteiger partial charge in [-0.25, -0.2) is 4.79 Å². The van der Waals surface area contributed by atoms with E-state index in [0.717, 1.165) is 0 Å². The Hall–Kier alpha value is -2.51. The molecule has 0 radical (unpaired) electrons. The van der Waals surface area contributed by atoms with E-state index < -0.39 is 5.97 Å². The molecular formula is C14H8ClNO3. The van der Waals surface area contributed by atoms with Gasteiger partial charge in [-0.15, -0.1) is 0 Å². The second-order valence-corrected chi connectivity index (χ2v) is 4.04. The Morgan fingerprint density at radius 2 is 1.84 bits per heavy atom. The van der Waals surface area contributed by atoms with Crippen molar-refractivity contribution in [2.24, 2.45) is 0 Å². The monoisotopic (exact) mass is 273 g/mol. The second-order valence-electron chi connectivity index (χ2n) is 3.63. The first-order valence-electron chi connectivity index (χ1n) is 5.32. The summed E-state index contributed by atoms with van der Waals surface area (Å²) in [6, 6.07) is 13.1. The number of carbonyl (C=O) groups is 1. The Bertz CT molecular complexity index is 677. The lowest BCUT2D eigenvalue weighted by molar-refractivity contribution is 0.0694. The molecule has 19 heavy (non-hydrogen) atoms. The van der Waals surface area contributed by atoms with Gasteiger partial charge in [-0.2, -0.15) is 5.26 Å². The summed E-state index contributed by atoms with van der Waals surface area (Å²) in [6.45, 7) is 0. The summed E-state index contributed by atoms with van der Waals surface area (Å²) in [4.78, 5) is 11.2. The Morgan fingerprint density at radius 1 is 1.16 bits per heavy atom. The number of nitrogens with zero attached hydrogens (tertiary/aromatic N) is 1. The van der Waals surface area contributed by atoms with Gasteiger partial charge < -0.3 is 9.84 Å². The van der Waals surface area contributed by atoms with Crippen molar-refractivity contribution in [3.05, 3.63) is 58.6 Å². The Kier molecular flexibility index (Phi) is 3.69. The van der Waals surface area contributed by atoms with Crippen LogP contribution in [0.15, 0.2) is 42.5 Å². The highest BCUT2D eigenvalue weighted by Crippen LogP contribution is 2.31. The second kappa shape index (κ2) is 5.42. The zero-order valence-electron chi connectivity index (χ0n) is 9.63. The molecule has 0 aromatic heterocycles. The third kappa shape index (κ3) is 2.67. The van der Waals surface area contributed by atoms with Gasteiger partial charge in [0, 0.05) is 0 Å². The first-order valence-corrected chi connectivity index (χ1v) is 5.70. The molecule has 4 nitrogen and oxygen atoms in total. The minimum atomic E-state index is -1.19. The minimum absolute atomic E-state index is 0.0828. The van der Waals surface area contributed by atoms with Crippen LogP contribution in [0.1, 0.15) is 15.9 Å². The van der Waals surface area contributed by atoms with Crippen LogP contribution in [0.3, 0.4) is 0 Å². The molecule has 2 aromatic carbocycles. The van der Waals surface area contributed by atoms with Crippen LogP contribution in [0.2, 0.25) is 5.02 Å². The van der Waals surface area contributed by atoms with Gasteiger partial charge in [0.25, 0.3) is 0 Å². The molecule has 0 aliphatic carbocycles. The maximum Gasteiger partial charge on any atom is 0.341 e. The fourth-order valence-corrected chi connectivity index (χ4v) is 1.81. The number of ether oxygens (including phenoxy) is 1. The molecule has 0 amide bonds. The van der Waals surface area contributed by atoms with E-state index in [1.54, 1.807) is 30.3 Å². The largest absolute Gasteiger partial charge is 0.478 e. The molecule has 2 rings (SSSR count). The molecule has 5 heteroatoms. The van der Waals surface area contributed by atoms with Crippen LogP contribution in [-0.2, 0) is 0 Å². The summed E-state index contributed by atoms with van der Waals surface area (Å²) in [6.07, 6.45) is 0.